The molecule has 1 fully saturated rings. The Morgan fingerprint density at radius 1 is 0.788 bits per heavy atom. The first kappa shape index (κ1) is 46.2. The van der Waals surface area contributed by atoms with Gasteiger partial charge in [-0.05, 0) is 49.5 Å². The van der Waals surface area contributed by atoms with Gasteiger partial charge in [0.05, 0.1) is 18.8 Å². The normalized spacial score (nSPS) is 23.2. The van der Waals surface area contributed by atoms with Gasteiger partial charge in [0.15, 0.2) is 0 Å². The maximum Gasteiger partial charge on any atom is 0.220 e. The summed E-state index contributed by atoms with van der Waals surface area (Å²) >= 11 is 0. The van der Waals surface area contributed by atoms with Crippen LogP contribution in [0.4, 0.5) is 4.39 Å². The fourth-order valence-electron chi connectivity index (χ4n) is 6.97. The van der Waals surface area contributed by atoms with E-state index in [2.05, 4.69) is 12.2 Å². The van der Waals surface area contributed by atoms with E-state index in [0.717, 1.165) is 88.7 Å². The lowest BCUT2D eigenvalue weighted by atomic mass is 9.91. The second-order valence-corrected chi connectivity index (χ2v) is 15.0. The van der Waals surface area contributed by atoms with Crippen molar-refractivity contribution < 1.29 is 44.6 Å². The molecule has 0 radical (unpaired) electrons. The van der Waals surface area contributed by atoms with E-state index in [0.29, 0.717) is 12.8 Å². The average Bonchev–Trinajstić information content (AvgIpc) is 3.14. The molecule has 9 nitrogen and oxygen atoms in total. The molecule has 0 unspecified atom stereocenters. The summed E-state index contributed by atoms with van der Waals surface area (Å²) in [6.07, 6.45) is 20.5. The molecule has 52 heavy (non-hydrogen) atoms. The summed E-state index contributed by atoms with van der Waals surface area (Å²) in [4.78, 5) is 13.0. The van der Waals surface area contributed by atoms with Crippen molar-refractivity contribution in [3.05, 3.63) is 47.8 Å². The zero-order chi connectivity index (χ0) is 38.0. The molecule has 0 spiro atoms. The van der Waals surface area contributed by atoms with Gasteiger partial charge >= 0.3 is 0 Å². The number of unbranched alkanes of at least 4 members (excludes halogenated alkanes) is 19. The Labute approximate surface area is 313 Å². The summed E-state index contributed by atoms with van der Waals surface area (Å²) in [6.45, 7) is 1.54. The maximum atomic E-state index is 13.1. The van der Waals surface area contributed by atoms with Crippen LogP contribution in [0.25, 0.3) is 0 Å². The van der Waals surface area contributed by atoms with Crippen molar-refractivity contribution in [2.24, 2.45) is 0 Å². The van der Waals surface area contributed by atoms with E-state index in [1.807, 2.05) is 12.1 Å². The predicted octanol–water partition coefficient (Wildman–Crippen LogP) is 6.92. The Hall–Kier alpha value is -1.92. The number of amides is 1. The van der Waals surface area contributed by atoms with Crippen LogP contribution in [-0.2, 0) is 16.0 Å². The second kappa shape index (κ2) is 27.6. The van der Waals surface area contributed by atoms with Crippen molar-refractivity contribution in [3.8, 4) is 0 Å². The number of halogens is 1. The van der Waals surface area contributed by atoms with E-state index in [4.69, 9.17) is 4.74 Å². The van der Waals surface area contributed by atoms with Crippen molar-refractivity contribution >= 4 is 5.91 Å². The molecule has 7 N–H and O–H groups in total. The van der Waals surface area contributed by atoms with E-state index in [1.54, 1.807) is 0 Å². The zero-order valence-electron chi connectivity index (χ0n) is 32.0. The van der Waals surface area contributed by atoms with Gasteiger partial charge in [-0.1, -0.05) is 147 Å². The molecule has 0 aliphatic carbocycles. The lowest BCUT2D eigenvalue weighted by Gasteiger charge is -2.44. The maximum absolute atomic E-state index is 13.1. The van der Waals surface area contributed by atoms with Crippen molar-refractivity contribution in [1.29, 1.82) is 0 Å². The van der Waals surface area contributed by atoms with Crippen LogP contribution in [0.3, 0.4) is 0 Å². The van der Waals surface area contributed by atoms with Gasteiger partial charge in [0.1, 0.15) is 30.2 Å². The zero-order valence-corrected chi connectivity index (χ0v) is 32.0. The molecule has 1 heterocycles. The Balaban J connectivity index is 1.75. The molecule has 1 aromatic rings. The fourth-order valence-corrected chi connectivity index (χ4v) is 6.97. The molecular formula is C42H72FNO8. The number of nitrogens with one attached hydrogen (secondary N) is 1. The van der Waals surface area contributed by atoms with Crippen molar-refractivity contribution in [2.75, 3.05) is 6.61 Å². The van der Waals surface area contributed by atoms with Crippen LogP contribution in [0.15, 0.2) is 36.4 Å². The van der Waals surface area contributed by atoms with Crippen LogP contribution < -0.4 is 5.32 Å². The van der Waals surface area contributed by atoms with Gasteiger partial charge in [0.2, 0.25) is 11.7 Å². The summed E-state index contributed by atoms with van der Waals surface area (Å²) in [5.41, 5.74) is 1.16. The van der Waals surface area contributed by atoms with E-state index in [-0.39, 0.29) is 18.1 Å². The molecule has 7 atom stereocenters. The predicted molar refractivity (Wildman–Crippen MR) is 204 cm³/mol. The number of ether oxygens (including phenoxy) is 1. The lowest BCUT2D eigenvalue weighted by molar-refractivity contribution is -0.327. The highest BCUT2D eigenvalue weighted by atomic mass is 19.1. The minimum atomic E-state index is -2.44. The summed E-state index contributed by atoms with van der Waals surface area (Å²) in [5, 5.41) is 65.3. The molecule has 2 rings (SSSR count). The van der Waals surface area contributed by atoms with Crippen LogP contribution in [0.2, 0.25) is 0 Å². The van der Waals surface area contributed by atoms with Gasteiger partial charge in [0, 0.05) is 6.42 Å². The summed E-state index contributed by atoms with van der Waals surface area (Å²) in [5.74, 6) is -2.88. The molecule has 0 aromatic heterocycles. The van der Waals surface area contributed by atoms with Gasteiger partial charge in [-0.25, -0.2) is 4.39 Å². The number of rotatable bonds is 30. The molecule has 1 saturated heterocycles. The molecule has 1 aromatic carbocycles. The topological polar surface area (TPSA) is 160 Å². The molecule has 0 saturated carbocycles. The number of aliphatic hydroxyl groups is 6. The van der Waals surface area contributed by atoms with Crippen LogP contribution in [-0.4, -0.2) is 85.5 Å². The Kier molecular flexibility index (Phi) is 24.6. The van der Waals surface area contributed by atoms with Gasteiger partial charge < -0.3 is 40.7 Å². The standard InChI is InChI=1S/C42H72FNO8/c1-2-3-4-5-6-7-8-9-10-11-15-18-21-24-36(46)35(30-31-42(51)41(50)40(49)39(48)37(32-45)52-42)44-38(47)25-22-19-16-13-12-14-17-20-23-33-26-28-34(43)29-27-33/h26-31,35-37,39-41,45-46,48-51H,2-25,32H2,1H3,(H,44,47)/t35-,36+,37+,39-,40-,41+,42+/m0/s1. The Morgan fingerprint density at radius 2 is 1.29 bits per heavy atom. The molecule has 0 bridgehead atoms. The smallest absolute Gasteiger partial charge is 0.220 e. The summed E-state index contributed by atoms with van der Waals surface area (Å²) in [6, 6.07) is 5.81. The van der Waals surface area contributed by atoms with Gasteiger partial charge in [-0.15, -0.1) is 0 Å². The first-order valence-electron chi connectivity index (χ1n) is 20.6. The van der Waals surface area contributed by atoms with Crippen molar-refractivity contribution in [1.82, 2.24) is 5.32 Å². The minimum Gasteiger partial charge on any atom is -0.394 e. The quantitative estimate of drug-likeness (QED) is 0.0331. The molecule has 10 heteroatoms. The third-order valence-electron chi connectivity index (χ3n) is 10.4. The highest BCUT2D eigenvalue weighted by Gasteiger charge is 2.51. The number of carbonyl (C=O) groups is 1. The lowest BCUT2D eigenvalue weighted by Crippen LogP contribution is -2.64. The highest BCUT2D eigenvalue weighted by molar-refractivity contribution is 5.76. The van der Waals surface area contributed by atoms with Gasteiger partial charge in [-0.2, -0.15) is 0 Å². The Morgan fingerprint density at radius 3 is 1.83 bits per heavy atom. The van der Waals surface area contributed by atoms with Crippen molar-refractivity contribution in [2.45, 2.75) is 203 Å². The summed E-state index contributed by atoms with van der Waals surface area (Å²) < 4.78 is 18.4. The second-order valence-electron chi connectivity index (χ2n) is 15.0. The molecule has 1 aliphatic heterocycles. The van der Waals surface area contributed by atoms with E-state index in [1.165, 1.54) is 76.0 Å². The SMILES string of the molecule is CCCCCCCCCCCCCCC[C@@H](O)[C@H](C=C[C@@]1(O)O[C@H](CO)[C@H](O)[C@H](O)[C@H]1O)NC(=O)CCCCCCCCCCc1ccc(F)cc1. The number of aliphatic hydroxyl groups excluding tert-OH is 5. The average molecular weight is 738 g/mol. The monoisotopic (exact) mass is 738 g/mol. The molecule has 1 amide bonds. The third kappa shape index (κ3) is 18.9. The number of hydrogen-bond acceptors (Lipinski definition) is 8. The Bertz CT molecular complexity index is 1070. The molecular weight excluding hydrogens is 665 g/mol. The summed E-state index contributed by atoms with van der Waals surface area (Å²) in [7, 11) is 0. The van der Waals surface area contributed by atoms with E-state index in [9.17, 15) is 39.8 Å². The van der Waals surface area contributed by atoms with Crippen LogP contribution in [0.5, 0.6) is 0 Å². The van der Waals surface area contributed by atoms with Crippen LogP contribution >= 0.6 is 0 Å². The number of aryl methyl sites for hydroxylation is 1. The minimum absolute atomic E-state index is 0.206. The van der Waals surface area contributed by atoms with Crippen LogP contribution in [0.1, 0.15) is 160 Å². The molecule has 300 valence electrons. The third-order valence-corrected chi connectivity index (χ3v) is 10.4. The first-order valence-corrected chi connectivity index (χ1v) is 20.6. The van der Waals surface area contributed by atoms with E-state index < -0.39 is 49.0 Å². The molecule has 1 aliphatic rings. The van der Waals surface area contributed by atoms with Gasteiger partial charge in [-0.3, -0.25) is 4.79 Å². The van der Waals surface area contributed by atoms with Crippen molar-refractivity contribution in [3.63, 3.8) is 0 Å². The fraction of sp³-hybridized carbons (Fsp3) is 0.786. The number of benzene rings is 1. The highest BCUT2D eigenvalue weighted by Crippen LogP contribution is 2.30. The first-order chi connectivity index (χ1) is 25.1. The number of hydrogen-bond donors (Lipinski definition) is 7. The van der Waals surface area contributed by atoms with Crippen LogP contribution in [0, 0.1) is 5.82 Å². The van der Waals surface area contributed by atoms with E-state index >= 15 is 0 Å². The largest absolute Gasteiger partial charge is 0.394 e. The number of carbonyl (C=O) groups excluding carboxylic acids is 1. The van der Waals surface area contributed by atoms with Gasteiger partial charge in [0.25, 0.3) is 0 Å².